The van der Waals surface area contributed by atoms with Crippen molar-refractivity contribution >= 4 is 40.9 Å². The van der Waals surface area contributed by atoms with Gasteiger partial charge in [0.25, 0.3) is 0 Å². The second-order valence-electron chi connectivity index (χ2n) is 6.25. The summed E-state index contributed by atoms with van der Waals surface area (Å²) in [6.45, 7) is 5.79. The van der Waals surface area contributed by atoms with Crippen LogP contribution in [0.15, 0.2) is 59.5 Å². The van der Waals surface area contributed by atoms with Crippen molar-refractivity contribution in [1.29, 1.82) is 0 Å². The standard InChI is InChI=1S/C21H22N2O4S/c1-13-4-9-18(14(2)12-13)23-21(27)15(3)28-17-7-5-16(6-8-17)22-19(24)10-11-20(25)26/h4-12,15H,1-3H3,(H,22,24)(H,23,27)(H,25,26)/b11-10+. The molecule has 0 bridgehead atoms. The summed E-state index contributed by atoms with van der Waals surface area (Å²) in [6.07, 6.45) is 1.72. The van der Waals surface area contributed by atoms with E-state index < -0.39 is 11.9 Å². The fraction of sp³-hybridized carbons (Fsp3) is 0.190. The van der Waals surface area contributed by atoms with Gasteiger partial charge in [0.15, 0.2) is 0 Å². The lowest BCUT2D eigenvalue weighted by atomic mass is 10.1. The van der Waals surface area contributed by atoms with Gasteiger partial charge in [-0.05, 0) is 56.7 Å². The van der Waals surface area contributed by atoms with E-state index in [0.717, 1.165) is 33.9 Å². The number of carbonyl (C=O) groups is 3. The van der Waals surface area contributed by atoms with Crippen molar-refractivity contribution in [3.63, 3.8) is 0 Å². The van der Waals surface area contributed by atoms with Gasteiger partial charge in [0.05, 0.1) is 5.25 Å². The van der Waals surface area contributed by atoms with Gasteiger partial charge in [-0.2, -0.15) is 0 Å². The third-order valence-electron chi connectivity index (χ3n) is 3.82. The highest BCUT2D eigenvalue weighted by molar-refractivity contribution is 8.00. The minimum atomic E-state index is -1.19. The summed E-state index contributed by atoms with van der Waals surface area (Å²) in [4.78, 5) is 35.3. The molecule has 3 N–H and O–H groups in total. The van der Waals surface area contributed by atoms with Gasteiger partial charge in [0.2, 0.25) is 11.8 Å². The van der Waals surface area contributed by atoms with E-state index in [-0.39, 0.29) is 11.2 Å². The molecule has 0 aliphatic carbocycles. The lowest BCUT2D eigenvalue weighted by Gasteiger charge is -2.14. The van der Waals surface area contributed by atoms with Crippen LogP contribution >= 0.6 is 11.8 Å². The van der Waals surface area contributed by atoms with Crippen molar-refractivity contribution in [1.82, 2.24) is 0 Å². The third kappa shape index (κ3) is 6.59. The maximum absolute atomic E-state index is 12.4. The van der Waals surface area contributed by atoms with Crippen molar-refractivity contribution in [3.8, 4) is 0 Å². The number of carboxylic acids is 1. The van der Waals surface area contributed by atoms with Crippen molar-refractivity contribution in [2.75, 3.05) is 10.6 Å². The van der Waals surface area contributed by atoms with Crippen molar-refractivity contribution in [2.24, 2.45) is 0 Å². The van der Waals surface area contributed by atoms with Crippen LogP contribution < -0.4 is 10.6 Å². The Morgan fingerprint density at radius 1 is 1.00 bits per heavy atom. The molecule has 28 heavy (non-hydrogen) atoms. The number of aliphatic carboxylic acids is 1. The van der Waals surface area contributed by atoms with Crippen LogP contribution in [0.3, 0.4) is 0 Å². The van der Waals surface area contributed by atoms with E-state index in [9.17, 15) is 14.4 Å². The van der Waals surface area contributed by atoms with Gasteiger partial charge < -0.3 is 15.7 Å². The predicted octanol–water partition coefficient (Wildman–Crippen LogP) is 4.00. The first kappa shape index (κ1) is 21.2. The lowest BCUT2D eigenvalue weighted by molar-refractivity contribution is -0.131. The Hall–Kier alpha value is -3.06. The Bertz CT molecular complexity index is 907. The molecule has 1 unspecified atom stereocenters. The largest absolute Gasteiger partial charge is 0.478 e. The molecule has 2 aromatic rings. The Kier molecular flexibility index (Phi) is 7.40. The van der Waals surface area contributed by atoms with Crippen LogP contribution in [0, 0.1) is 13.8 Å². The predicted molar refractivity (Wildman–Crippen MR) is 112 cm³/mol. The molecule has 7 heteroatoms. The summed E-state index contributed by atoms with van der Waals surface area (Å²) in [5.74, 6) is -1.80. The summed E-state index contributed by atoms with van der Waals surface area (Å²) >= 11 is 1.41. The number of anilines is 2. The van der Waals surface area contributed by atoms with Crippen molar-refractivity contribution in [2.45, 2.75) is 30.9 Å². The van der Waals surface area contributed by atoms with Crippen LogP contribution in [-0.2, 0) is 14.4 Å². The SMILES string of the molecule is Cc1ccc(NC(=O)C(C)Sc2ccc(NC(=O)/C=C/C(=O)O)cc2)c(C)c1. The zero-order valence-electron chi connectivity index (χ0n) is 15.9. The molecule has 1 atom stereocenters. The average molecular weight is 398 g/mol. The van der Waals surface area contributed by atoms with Crippen LogP contribution in [0.5, 0.6) is 0 Å². The second-order valence-corrected chi connectivity index (χ2v) is 7.67. The molecule has 6 nitrogen and oxygen atoms in total. The molecular weight excluding hydrogens is 376 g/mol. The van der Waals surface area contributed by atoms with E-state index in [2.05, 4.69) is 10.6 Å². The molecule has 0 saturated carbocycles. The number of carboxylic acid groups (broad SMARTS) is 1. The van der Waals surface area contributed by atoms with Gasteiger partial charge in [0, 0.05) is 28.4 Å². The van der Waals surface area contributed by atoms with Gasteiger partial charge in [-0.3, -0.25) is 9.59 Å². The summed E-state index contributed by atoms with van der Waals surface area (Å²) in [5.41, 5.74) is 3.50. The van der Waals surface area contributed by atoms with E-state index in [1.54, 1.807) is 24.3 Å². The van der Waals surface area contributed by atoms with E-state index in [0.29, 0.717) is 5.69 Å². The highest BCUT2D eigenvalue weighted by Crippen LogP contribution is 2.26. The summed E-state index contributed by atoms with van der Waals surface area (Å²) in [6, 6.07) is 12.9. The van der Waals surface area contributed by atoms with Crippen LogP contribution in [0.4, 0.5) is 11.4 Å². The molecular formula is C21H22N2O4S. The van der Waals surface area contributed by atoms with Crippen LogP contribution in [0.2, 0.25) is 0 Å². The molecule has 0 radical (unpaired) electrons. The molecule has 2 amide bonds. The average Bonchev–Trinajstić information content (AvgIpc) is 2.63. The number of hydrogen-bond acceptors (Lipinski definition) is 4. The number of thioether (sulfide) groups is 1. The first-order valence-electron chi connectivity index (χ1n) is 8.61. The maximum Gasteiger partial charge on any atom is 0.328 e. The summed E-state index contributed by atoms with van der Waals surface area (Å²) in [5, 5.41) is 13.7. The van der Waals surface area contributed by atoms with Crippen LogP contribution in [0.25, 0.3) is 0 Å². The molecule has 146 valence electrons. The van der Waals surface area contributed by atoms with Gasteiger partial charge in [0.1, 0.15) is 0 Å². The zero-order chi connectivity index (χ0) is 20.7. The van der Waals surface area contributed by atoms with E-state index in [1.165, 1.54) is 11.8 Å². The fourth-order valence-electron chi connectivity index (χ4n) is 2.39. The molecule has 0 saturated heterocycles. The highest BCUT2D eigenvalue weighted by Gasteiger charge is 2.15. The number of nitrogens with one attached hydrogen (secondary N) is 2. The molecule has 0 spiro atoms. The number of hydrogen-bond donors (Lipinski definition) is 3. The number of rotatable bonds is 7. The Morgan fingerprint density at radius 2 is 1.68 bits per heavy atom. The Morgan fingerprint density at radius 3 is 2.29 bits per heavy atom. The van der Waals surface area contributed by atoms with Gasteiger partial charge in [-0.1, -0.05) is 17.7 Å². The first-order chi connectivity index (χ1) is 13.2. The normalized spacial score (nSPS) is 11.8. The molecule has 0 heterocycles. The summed E-state index contributed by atoms with van der Waals surface area (Å²) < 4.78 is 0. The first-order valence-corrected chi connectivity index (χ1v) is 9.49. The molecule has 0 aliphatic heterocycles. The maximum atomic E-state index is 12.4. The quantitative estimate of drug-likeness (QED) is 0.484. The van der Waals surface area contributed by atoms with E-state index in [4.69, 9.17) is 5.11 Å². The smallest absolute Gasteiger partial charge is 0.328 e. The van der Waals surface area contributed by atoms with Crippen molar-refractivity contribution in [3.05, 3.63) is 65.7 Å². The number of carbonyl (C=O) groups excluding carboxylic acids is 2. The zero-order valence-corrected chi connectivity index (χ0v) is 16.7. The monoisotopic (exact) mass is 398 g/mol. The molecule has 0 aliphatic rings. The topological polar surface area (TPSA) is 95.5 Å². The Balaban J connectivity index is 1.92. The van der Waals surface area contributed by atoms with E-state index >= 15 is 0 Å². The van der Waals surface area contributed by atoms with Crippen molar-refractivity contribution < 1.29 is 19.5 Å². The lowest BCUT2D eigenvalue weighted by Crippen LogP contribution is -2.22. The number of amides is 2. The summed E-state index contributed by atoms with van der Waals surface area (Å²) in [7, 11) is 0. The fourth-order valence-corrected chi connectivity index (χ4v) is 3.26. The highest BCUT2D eigenvalue weighted by atomic mass is 32.2. The Labute approximate surface area is 168 Å². The minimum Gasteiger partial charge on any atom is -0.478 e. The number of aryl methyl sites for hydroxylation is 2. The molecule has 0 aromatic heterocycles. The van der Waals surface area contributed by atoms with E-state index in [1.807, 2.05) is 39.0 Å². The third-order valence-corrected chi connectivity index (χ3v) is 4.93. The molecule has 0 fully saturated rings. The van der Waals surface area contributed by atoms with Crippen LogP contribution in [0.1, 0.15) is 18.1 Å². The molecule has 2 rings (SSSR count). The number of benzene rings is 2. The molecule has 2 aromatic carbocycles. The van der Waals surface area contributed by atoms with Gasteiger partial charge in [-0.15, -0.1) is 11.8 Å². The minimum absolute atomic E-state index is 0.0897. The second kappa shape index (κ2) is 9.75. The van der Waals surface area contributed by atoms with Gasteiger partial charge >= 0.3 is 5.97 Å². The van der Waals surface area contributed by atoms with Gasteiger partial charge in [-0.25, -0.2) is 4.79 Å². The van der Waals surface area contributed by atoms with Crippen LogP contribution in [-0.4, -0.2) is 28.1 Å².